The Morgan fingerprint density at radius 2 is 2.00 bits per heavy atom. The van der Waals surface area contributed by atoms with Gasteiger partial charge in [-0.25, -0.2) is 13.1 Å². The monoisotopic (exact) mass is 346 g/mol. The average Bonchev–Trinajstić information content (AvgIpc) is 2.34. The molecule has 1 aromatic rings. The molecule has 1 rings (SSSR count). The topological polar surface area (TPSA) is 109 Å². The molecule has 6 nitrogen and oxygen atoms in total. The van der Waals surface area contributed by atoms with Crippen molar-refractivity contribution in [3.05, 3.63) is 28.8 Å². The maximum Gasteiger partial charge on any atom is 0.416 e. The van der Waals surface area contributed by atoms with E-state index in [0.717, 1.165) is 6.07 Å². The number of aliphatic hydroxyl groups excluding tert-OH is 1. The molecule has 0 aromatic heterocycles. The van der Waals surface area contributed by atoms with Gasteiger partial charge in [0.15, 0.2) is 0 Å². The van der Waals surface area contributed by atoms with E-state index in [1.165, 1.54) is 0 Å². The van der Waals surface area contributed by atoms with Crippen LogP contribution in [0.3, 0.4) is 0 Å². The zero-order valence-corrected chi connectivity index (χ0v) is 11.8. The van der Waals surface area contributed by atoms with Crippen LogP contribution in [0, 0.1) is 0 Å². The molecule has 118 valence electrons. The van der Waals surface area contributed by atoms with Crippen LogP contribution in [0.1, 0.15) is 5.56 Å². The maximum atomic E-state index is 12.5. The van der Waals surface area contributed by atoms with Crippen LogP contribution in [0.5, 0.6) is 0 Å². The first kappa shape index (κ1) is 17.7. The van der Waals surface area contributed by atoms with Gasteiger partial charge < -0.3 is 10.8 Å². The third kappa shape index (κ3) is 4.56. The van der Waals surface area contributed by atoms with Crippen molar-refractivity contribution in [3.8, 4) is 0 Å². The van der Waals surface area contributed by atoms with E-state index in [9.17, 15) is 26.4 Å². The zero-order chi connectivity index (χ0) is 16.4. The summed E-state index contributed by atoms with van der Waals surface area (Å²) in [5, 5.41) is 8.63. The molecule has 0 fully saturated rings. The van der Waals surface area contributed by atoms with Gasteiger partial charge in [0, 0.05) is 6.54 Å². The molecule has 0 saturated carbocycles. The number of hydrogen-bond acceptors (Lipinski definition) is 4. The summed E-state index contributed by atoms with van der Waals surface area (Å²) in [6.07, 6.45) is -6.56. The molecule has 0 aliphatic carbocycles. The molecular formula is C10H10ClF3N2O4S. The number of carbonyl (C=O) groups is 1. The molecule has 11 heteroatoms. The number of alkyl halides is 3. The van der Waals surface area contributed by atoms with Crippen molar-refractivity contribution in [2.24, 2.45) is 5.73 Å². The number of rotatable bonds is 5. The summed E-state index contributed by atoms with van der Waals surface area (Å²) >= 11 is 5.57. The summed E-state index contributed by atoms with van der Waals surface area (Å²) in [7, 11) is -4.45. The number of halogens is 4. The number of benzene rings is 1. The van der Waals surface area contributed by atoms with Crippen molar-refractivity contribution < 1.29 is 31.5 Å². The Hall–Kier alpha value is -1.36. The number of aliphatic hydroxyl groups is 1. The van der Waals surface area contributed by atoms with Gasteiger partial charge in [0.2, 0.25) is 15.9 Å². The van der Waals surface area contributed by atoms with Crippen molar-refractivity contribution in [3.63, 3.8) is 0 Å². The second-order valence-electron chi connectivity index (χ2n) is 3.91. The Bertz CT molecular complexity index is 648. The van der Waals surface area contributed by atoms with Crippen LogP contribution in [0.2, 0.25) is 5.02 Å². The Labute approximate surface area is 122 Å². The molecule has 21 heavy (non-hydrogen) atoms. The molecule has 1 unspecified atom stereocenters. The van der Waals surface area contributed by atoms with Crippen molar-refractivity contribution in [1.29, 1.82) is 0 Å². The lowest BCUT2D eigenvalue weighted by Crippen LogP contribution is -2.40. The highest BCUT2D eigenvalue weighted by atomic mass is 35.5. The fourth-order valence-corrected chi connectivity index (χ4v) is 2.81. The van der Waals surface area contributed by atoms with Gasteiger partial charge >= 0.3 is 6.18 Å². The summed E-state index contributed by atoms with van der Waals surface area (Å²) in [6.45, 7) is -0.787. The summed E-state index contributed by atoms with van der Waals surface area (Å²) in [4.78, 5) is 9.74. The molecule has 0 heterocycles. The number of sulfonamides is 1. The first-order valence-electron chi connectivity index (χ1n) is 5.29. The minimum atomic E-state index is -4.75. The van der Waals surface area contributed by atoms with Gasteiger partial charge in [0.25, 0.3) is 0 Å². The summed E-state index contributed by atoms with van der Waals surface area (Å²) in [5.41, 5.74) is 3.51. The predicted molar refractivity (Wildman–Crippen MR) is 66.8 cm³/mol. The Balaban J connectivity index is 3.11. The minimum absolute atomic E-state index is 0.349. The largest absolute Gasteiger partial charge is 0.416 e. The quantitative estimate of drug-likeness (QED) is 0.720. The van der Waals surface area contributed by atoms with E-state index < -0.39 is 50.2 Å². The number of amides is 1. The first-order chi connectivity index (χ1) is 9.45. The molecule has 1 aromatic carbocycles. The van der Waals surface area contributed by atoms with Crippen LogP contribution in [0.4, 0.5) is 13.2 Å². The molecule has 0 bridgehead atoms. The van der Waals surface area contributed by atoms with E-state index in [-0.39, 0.29) is 0 Å². The lowest BCUT2D eigenvalue weighted by Gasteiger charge is -2.13. The summed E-state index contributed by atoms with van der Waals surface area (Å²) < 4.78 is 63.1. The van der Waals surface area contributed by atoms with E-state index >= 15 is 0 Å². The van der Waals surface area contributed by atoms with Gasteiger partial charge in [0.05, 0.1) is 10.6 Å². The zero-order valence-electron chi connectivity index (χ0n) is 10.2. The molecule has 0 aliphatic rings. The first-order valence-corrected chi connectivity index (χ1v) is 7.15. The Kier molecular flexibility index (Phi) is 5.20. The van der Waals surface area contributed by atoms with Gasteiger partial charge in [0.1, 0.15) is 11.0 Å². The van der Waals surface area contributed by atoms with Gasteiger partial charge in [-0.2, -0.15) is 13.2 Å². The number of nitrogens with two attached hydrogens (primary N) is 1. The van der Waals surface area contributed by atoms with E-state index in [1.807, 2.05) is 0 Å². The predicted octanol–water partition coefficient (Wildman–Crippen LogP) is 0.483. The molecule has 0 saturated heterocycles. The highest BCUT2D eigenvalue weighted by Gasteiger charge is 2.32. The van der Waals surface area contributed by atoms with Crippen molar-refractivity contribution in [2.45, 2.75) is 17.2 Å². The second-order valence-corrected chi connectivity index (χ2v) is 6.06. The molecule has 0 radical (unpaired) electrons. The van der Waals surface area contributed by atoms with Crippen LogP contribution in [-0.4, -0.2) is 32.1 Å². The lowest BCUT2D eigenvalue weighted by atomic mass is 10.2. The van der Waals surface area contributed by atoms with Crippen LogP contribution < -0.4 is 10.5 Å². The van der Waals surface area contributed by atoms with Gasteiger partial charge in [-0.15, -0.1) is 0 Å². The highest BCUT2D eigenvalue weighted by Crippen LogP contribution is 2.33. The van der Waals surface area contributed by atoms with Crippen molar-refractivity contribution >= 4 is 27.5 Å². The maximum absolute atomic E-state index is 12.5. The Morgan fingerprint density at radius 1 is 1.43 bits per heavy atom. The second kappa shape index (κ2) is 6.18. The number of hydrogen-bond donors (Lipinski definition) is 3. The Morgan fingerprint density at radius 3 is 2.48 bits per heavy atom. The summed E-state index contributed by atoms with van der Waals surface area (Å²) in [5.74, 6) is -1.19. The van der Waals surface area contributed by atoms with Crippen LogP contribution in [-0.2, 0) is 21.0 Å². The van der Waals surface area contributed by atoms with Crippen LogP contribution in [0.25, 0.3) is 0 Å². The molecule has 0 aliphatic heterocycles. The third-order valence-electron chi connectivity index (χ3n) is 2.34. The standard InChI is InChI=1S/C10H10ClF3N2O4S/c11-6-2-1-5(10(12,13)14)3-8(6)21(19,20)16-4-7(17)9(15)18/h1-3,7,16-17H,4H2,(H2,15,18). The number of nitrogens with one attached hydrogen (secondary N) is 1. The van der Waals surface area contributed by atoms with Gasteiger partial charge in [-0.3, -0.25) is 4.79 Å². The molecule has 4 N–H and O–H groups in total. The molecular weight excluding hydrogens is 337 g/mol. The lowest BCUT2D eigenvalue weighted by molar-refractivity contribution is -0.137. The highest BCUT2D eigenvalue weighted by molar-refractivity contribution is 7.89. The average molecular weight is 347 g/mol. The summed E-state index contributed by atoms with van der Waals surface area (Å²) in [6, 6.07) is 1.75. The molecule has 1 atom stereocenters. The van der Waals surface area contributed by atoms with E-state index in [4.69, 9.17) is 22.4 Å². The number of primary amides is 1. The van der Waals surface area contributed by atoms with E-state index in [1.54, 1.807) is 4.72 Å². The van der Waals surface area contributed by atoms with E-state index in [0.29, 0.717) is 12.1 Å². The smallest absolute Gasteiger partial charge is 0.382 e. The fraction of sp³-hybridized carbons (Fsp3) is 0.300. The van der Waals surface area contributed by atoms with Gasteiger partial charge in [-0.05, 0) is 18.2 Å². The van der Waals surface area contributed by atoms with Crippen LogP contribution >= 0.6 is 11.6 Å². The van der Waals surface area contributed by atoms with Crippen LogP contribution in [0.15, 0.2) is 23.1 Å². The third-order valence-corrected chi connectivity index (χ3v) is 4.25. The van der Waals surface area contributed by atoms with E-state index in [2.05, 4.69) is 0 Å². The molecule has 0 spiro atoms. The SMILES string of the molecule is NC(=O)C(O)CNS(=O)(=O)c1cc(C(F)(F)F)ccc1Cl. The van der Waals surface area contributed by atoms with Crippen molar-refractivity contribution in [1.82, 2.24) is 4.72 Å². The normalized spacial score (nSPS) is 14.0. The van der Waals surface area contributed by atoms with Crippen molar-refractivity contribution in [2.75, 3.05) is 6.54 Å². The fourth-order valence-electron chi connectivity index (χ4n) is 1.25. The minimum Gasteiger partial charge on any atom is -0.382 e. The number of carbonyl (C=O) groups excluding carboxylic acids is 1. The molecule has 1 amide bonds. The van der Waals surface area contributed by atoms with Gasteiger partial charge in [-0.1, -0.05) is 11.6 Å².